The molecule has 0 unspecified atom stereocenters. The molecule has 1 saturated heterocycles. The smallest absolute Gasteiger partial charge is 0.316 e. The molecule has 0 radical (unpaired) electrons. The average Bonchev–Trinajstić information content (AvgIpc) is 2.42. The number of hydrogen-bond donors (Lipinski definition) is 1. The highest BCUT2D eigenvalue weighted by molar-refractivity contribution is 4.90. The monoisotopic (exact) mass is 372 g/mol. The summed E-state index contributed by atoms with van der Waals surface area (Å²) in [5.41, 5.74) is 0. The predicted molar refractivity (Wildman–Crippen MR) is 70.2 cm³/mol. The molecule has 0 aromatic heterocycles. The Morgan fingerprint density at radius 1 is 0.958 bits per heavy atom. The molecular weight excluding hydrogens is 352 g/mol. The summed E-state index contributed by atoms with van der Waals surface area (Å²) in [6.45, 7) is 1.40. The first-order valence-electron chi connectivity index (χ1n) is 7.38. The Hall–Kier alpha value is -0.680. The zero-order chi connectivity index (χ0) is 18.4. The van der Waals surface area contributed by atoms with Gasteiger partial charge in [0.25, 0.3) is 5.92 Å². The van der Waals surface area contributed by atoms with Gasteiger partial charge in [-0.05, 0) is 0 Å². The van der Waals surface area contributed by atoms with Crippen LogP contribution in [0.4, 0.5) is 35.1 Å². The van der Waals surface area contributed by atoms with Crippen LogP contribution in [0.15, 0.2) is 0 Å². The average molecular weight is 372 g/mol. The fraction of sp³-hybridized carbons (Fsp3) is 1.00. The third kappa shape index (κ3) is 7.06. The van der Waals surface area contributed by atoms with Crippen LogP contribution in [-0.2, 0) is 4.74 Å². The summed E-state index contributed by atoms with van der Waals surface area (Å²) < 4.78 is 108. The van der Waals surface area contributed by atoms with E-state index >= 15 is 0 Å². The summed E-state index contributed by atoms with van der Waals surface area (Å²) in [5.74, 6) is -14.6. The molecule has 1 fully saturated rings. The molecule has 11 heteroatoms. The SMILES string of the molecule is FC(F)CC(F)(F)C(F)(F)CC(F)(F)CNCCN1CCOCC1. The van der Waals surface area contributed by atoms with Gasteiger partial charge in [-0.15, -0.1) is 0 Å². The number of ether oxygens (including phenoxy) is 1. The van der Waals surface area contributed by atoms with E-state index in [2.05, 4.69) is 5.32 Å². The molecule has 144 valence electrons. The van der Waals surface area contributed by atoms with Gasteiger partial charge in [-0.1, -0.05) is 0 Å². The van der Waals surface area contributed by atoms with E-state index in [1.54, 1.807) is 0 Å². The van der Waals surface area contributed by atoms with E-state index in [0.717, 1.165) is 0 Å². The van der Waals surface area contributed by atoms with E-state index in [9.17, 15) is 35.1 Å². The highest BCUT2D eigenvalue weighted by Gasteiger charge is 2.61. The maximum absolute atomic E-state index is 13.5. The Morgan fingerprint density at radius 2 is 1.54 bits per heavy atom. The summed E-state index contributed by atoms with van der Waals surface area (Å²) in [6, 6.07) is 0. The molecule has 0 aliphatic carbocycles. The van der Waals surface area contributed by atoms with Crippen molar-refractivity contribution in [1.29, 1.82) is 0 Å². The van der Waals surface area contributed by atoms with Crippen LogP contribution in [0.2, 0.25) is 0 Å². The van der Waals surface area contributed by atoms with Crippen LogP contribution >= 0.6 is 0 Å². The molecule has 24 heavy (non-hydrogen) atoms. The van der Waals surface area contributed by atoms with Gasteiger partial charge in [-0.3, -0.25) is 4.90 Å². The van der Waals surface area contributed by atoms with Crippen molar-refractivity contribution in [3.63, 3.8) is 0 Å². The Morgan fingerprint density at radius 3 is 2.08 bits per heavy atom. The number of nitrogens with one attached hydrogen (secondary N) is 1. The second-order valence-electron chi connectivity index (χ2n) is 5.67. The third-order valence-electron chi connectivity index (χ3n) is 3.52. The van der Waals surface area contributed by atoms with Crippen molar-refractivity contribution in [2.24, 2.45) is 0 Å². The van der Waals surface area contributed by atoms with E-state index in [4.69, 9.17) is 4.74 Å². The molecule has 0 amide bonds. The summed E-state index contributed by atoms with van der Waals surface area (Å²) in [5, 5.41) is 2.23. The van der Waals surface area contributed by atoms with Gasteiger partial charge in [0.2, 0.25) is 6.43 Å². The van der Waals surface area contributed by atoms with Crippen molar-refractivity contribution in [1.82, 2.24) is 10.2 Å². The Labute approximate surface area is 134 Å². The third-order valence-corrected chi connectivity index (χ3v) is 3.52. The molecule has 0 spiro atoms. The van der Waals surface area contributed by atoms with Crippen molar-refractivity contribution in [3.8, 4) is 0 Å². The van der Waals surface area contributed by atoms with Crippen molar-refractivity contribution in [2.75, 3.05) is 45.9 Å². The lowest BCUT2D eigenvalue weighted by atomic mass is 10.0. The van der Waals surface area contributed by atoms with Crippen LogP contribution in [0.1, 0.15) is 12.8 Å². The lowest BCUT2D eigenvalue weighted by Crippen LogP contribution is -2.49. The Balaban J connectivity index is 2.40. The van der Waals surface area contributed by atoms with E-state index in [1.165, 1.54) is 0 Å². The maximum Gasteiger partial charge on any atom is 0.316 e. The zero-order valence-electron chi connectivity index (χ0n) is 12.8. The van der Waals surface area contributed by atoms with Crippen LogP contribution in [0.25, 0.3) is 0 Å². The largest absolute Gasteiger partial charge is 0.379 e. The lowest BCUT2D eigenvalue weighted by molar-refractivity contribution is -0.249. The summed E-state index contributed by atoms with van der Waals surface area (Å²) in [4.78, 5) is 1.90. The van der Waals surface area contributed by atoms with Gasteiger partial charge in [-0.2, -0.15) is 17.6 Å². The van der Waals surface area contributed by atoms with Crippen molar-refractivity contribution >= 4 is 0 Å². The number of morpholine rings is 1. The van der Waals surface area contributed by atoms with Crippen molar-refractivity contribution in [2.45, 2.75) is 37.0 Å². The van der Waals surface area contributed by atoms with Gasteiger partial charge >= 0.3 is 11.8 Å². The van der Waals surface area contributed by atoms with E-state index < -0.39 is 43.6 Å². The molecule has 0 aromatic rings. The molecule has 1 N–H and O–H groups in total. The molecule has 1 heterocycles. The minimum absolute atomic E-state index is 0.0502. The van der Waals surface area contributed by atoms with Crippen molar-refractivity contribution in [3.05, 3.63) is 0 Å². The molecule has 1 aliphatic heterocycles. The minimum Gasteiger partial charge on any atom is -0.379 e. The fourth-order valence-corrected chi connectivity index (χ4v) is 2.19. The highest BCUT2D eigenvalue weighted by Crippen LogP contribution is 2.44. The normalized spacial score (nSPS) is 18.4. The molecule has 0 saturated carbocycles. The quantitative estimate of drug-likeness (QED) is 0.472. The molecule has 1 aliphatic rings. The van der Waals surface area contributed by atoms with E-state index in [-0.39, 0.29) is 6.54 Å². The Bertz CT molecular complexity index is 375. The summed E-state index contributed by atoms with van der Waals surface area (Å²) >= 11 is 0. The zero-order valence-corrected chi connectivity index (χ0v) is 12.8. The predicted octanol–water partition coefficient (Wildman–Crippen LogP) is 2.86. The van der Waals surface area contributed by atoms with Crippen molar-refractivity contribution < 1.29 is 39.9 Å². The fourth-order valence-electron chi connectivity index (χ4n) is 2.19. The first-order valence-corrected chi connectivity index (χ1v) is 7.38. The number of halogens is 8. The van der Waals surface area contributed by atoms with Gasteiger partial charge in [0, 0.05) is 26.2 Å². The molecule has 1 rings (SSSR count). The Kier molecular flexibility index (Phi) is 7.67. The van der Waals surface area contributed by atoms with Gasteiger partial charge in [0.15, 0.2) is 0 Å². The van der Waals surface area contributed by atoms with Gasteiger partial charge < -0.3 is 10.1 Å². The lowest BCUT2D eigenvalue weighted by Gasteiger charge is -2.30. The molecule has 3 nitrogen and oxygen atoms in total. The molecule has 0 aromatic carbocycles. The number of alkyl halides is 8. The van der Waals surface area contributed by atoms with Gasteiger partial charge in [-0.25, -0.2) is 17.6 Å². The van der Waals surface area contributed by atoms with E-state index in [1.807, 2.05) is 4.90 Å². The van der Waals surface area contributed by atoms with Crippen LogP contribution in [0.3, 0.4) is 0 Å². The number of rotatable bonds is 10. The van der Waals surface area contributed by atoms with Crippen LogP contribution < -0.4 is 5.32 Å². The topological polar surface area (TPSA) is 24.5 Å². The van der Waals surface area contributed by atoms with Gasteiger partial charge in [0.05, 0.1) is 32.6 Å². The highest BCUT2D eigenvalue weighted by atomic mass is 19.3. The first kappa shape index (κ1) is 21.4. The van der Waals surface area contributed by atoms with Crippen LogP contribution in [0.5, 0.6) is 0 Å². The second-order valence-corrected chi connectivity index (χ2v) is 5.67. The minimum atomic E-state index is -5.22. The van der Waals surface area contributed by atoms with Crippen LogP contribution in [-0.4, -0.2) is 75.0 Å². The van der Waals surface area contributed by atoms with Crippen LogP contribution in [0, 0.1) is 0 Å². The summed E-state index contributed by atoms with van der Waals surface area (Å²) in [7, 11) is 0. The number of hydrogen-bond acceptors (Lipinski definition) is 3. The second kappa shape index (κ2) is 8.61. The summed E-state index contributed by atoms with van der Waals surface area (Å²) in [6.07, 6.45) is -8.67. The molecule has 0 bridgehead atoms. The standard InChI is InChI=1S/C13H20F8N2O/c14-10(15)7-12(18,19)13(20,21)8-11(16,17)9-22-1-2-23-3-5-24-6-4-23/h10,22H,1-9H2. The number of nitrogens with zero attached hydrogens (tertiary/aromatic N) is 1. The first-order chi connectivity index (χ1) is 11.0. The molecule has 0 atom stereocenters. The maximum atomic E-state index is 13.5. The molecular formula is C13H20F8N2O. The van der Waals surface area contributed by atoms with E-state index in [0.29, 0.717) is 32.8 Å². The van der Waals surface area contributed by atoms with Gasteiger partial charge in [0.1, 0.15) is 0 Å².